The molecule has 1 heterocycles. The van der Waals surface area contributed by atoms with Crippen LogP contribution in [-0.4, -0.2) is 37.4 Å². The van der Waals surface area contributed by atoms with Gasteiger partial charge in [-0.05, 0) is 12.3 Å². The second-order valence-electron chi connectivity index (χ2n) is 3.88. The van der Waals surface area contributed by atoms with Gasteiger partial charge in [0.05, 0.1) is 6.10 Å². The molecule has 0 bridgehead atoms. The first kappa shape index (κ1) is 11.1. The van der Waals surface area contributed by atoms with E-state index in [-0.39, 0.29) is 12.0 Å². The number of hydrogen-bond acceptors (Lipinski definition) is 2. The quantitative estimate of drug-likeness (QED) is 0.647. The van der Waals surface area contributed by atoms with E-state index in [1.807, 2.05) is 13.8 Å². The van der Waals surface area contributed by atoms with Gasteiger partial charge in [-0.15, -0.1) is 0 Å². The predicted octanol–water partition coefficient (Wildman–Crippen LogP) is 0.462. The Morgan fingerprint density at radius 3 is 2.62 bits per heavy atom. The Labute approximate surface area is 81.4 Å². The number of piperidine rings is 1. The van der Waals surface area contributed by atoms with Crippen LogP contribution < -0.4 is 0 Å². The summed E-state index contributed by atoms with van der Waals surface area (Å²) in [7, 11) is 0. The van der Waals surface area contributed by atoms with Crippen molar-refractivity contribution in [3.63, 3.8) is 0 Å². The van der Waals surface area contributed by atoms with Gasteiger partial charge in [0, 0.05) is 19.0 Å². The van der Waals surface area contributed by atoms with Crippen molar-refractivity contribution in [2.45, 2.75) is 26.4 Å². The Bertz CT molecular complexity index is 198. The van der Waals surface area contributed by atoms with Crippen LogP contribution >= 0.6 is 0 Å². The number of hydrogen-bond donors (Lipinski definition) is 2. The summed E-state index contributed by atoms with van der Waals surface area (Å²) in [5.74, 6) is 0.464. The monoisotopic (exact) mass is 207 g/mol. The zero-order valence-corrected chi connectivity index (χ0v) is 8.83. The van der Waals surface area contributed by atoms with Crippen molar-refractivity contribution in [1.29, 1.82) is 0 Å². The highest BCUT2D eigenvalue weighted by Crippen LogP contribution is 2.24. The van der Waals surface area contributed by atoms with Gasteiger partial charge in [0.2, 0.25) is 11.3 Å². The Kier molecular flexibility index (Phi) is 3.85. The summed E-state index contributed by atoms with van der Waals surface area (Å²) >= 11 is -1.88. The van der Waals surface area contributed by atoms with Gasteiger partial charge in [0.1, 0.15) is 0 Å². The Morgan fingerprint density at radius 1 is 1.54 bits per heavy atom. The van der Waals surface area contributed by atoms with Crippen LogP contribution in [0.4, 0.5) is 0 Å². The normalized spacial score (nSPS) is 33.6. The van der Waals surface area contributed by atoms with Crippen LogP contribution in [0.25, 0.3) is 0 Å². The molecule has 3 atom stereocenters. The molecule has 1 rings (SSSR count). The van der Waals surface area contributed by atoms with Gasteiger partial charge in [-0.2, -0.15) is 0 Å². The van der Waals surface area contributed by atoms with E-state index < -0.39 is 11.3 Å². The fraction of sp³-hybridized carbons (Fsp3) is 1.00. The first-order chi connectivity index (χ1) is 6.02. The van der Waals surface area contributed by atoms with Gasteiger partial charge in [0.15, 0.2) is 0 Å². The van der Waals surface area contributed by atoms with E-state index in [2.05, 4.69) is 0 Å². The Morgan fingerprint density at radius 2 is 2.15 bits per heavy atom. The Hall–Kier alpha value is 0.0300. The molecule has 0 radical (unpaired) electrons. The molecular formula is C8H17NO3S. The average Bonchev–Trinajstić information content (AvgIpc) is 2.04. The fourth-order valence-corrected chi connectivity index (χ4v) is 2.30. The lowest BCUT2D eigenvalue weighted by Gasteiger charge is -2.35. The third kappa shape index (κ3) is 2.74. The van der Waals surface area contributed by atoms with Crippen molar-refractivity contribution in [1.82, 2.24) is 4.31 Å². The summed E-state index contributed by atoms with van der Waals surface area (Å²) in [6.45, 7) is 5.07. The molecule has 1 saturated heterocycles. The molecule has 0 saturated carbocycles. The van der Waals surface area contributed by atoms with E-state index in [1.54, 1.807) is 0 Å². The molecule has 13 heavy (non-hydrogen) atoms. The molecule has 78 valence electrons. The maximum atomic E-state index is 10.8. The molecule has 2 N–H and O–H groups in total. The smallest absolute Gasteiger partial charge is 0.234 e. The molecule has 1 fully saturated rings. The van der Waals surface area contributed by atoms with Crippen LogP contribution in [0.3, 0.4) is 0 Å². The summed E-state index contributed by atoms with van der Waals surface area (Å²) in [6.07, 6.45) is 0.273. The predicted molar refractivity (Wildman–Crippen MR) is 51.3 cm³/mol. The molecular weight excluding hydrogens is 190 g/mol. The van der Waals surface area contributed by atoms with Gasteiger partial charge < -0.3 is 5.11 Å². The highest BCUT2D eigenvalue weighted by atomic mass is 32.2. The Balaban J connectivity index is 2.58. The third-order valence-corrected chi connectivity index (χ3v) is 3.43. The standard InChI is InChI=1S/C8H17NO3S/c1-6(2)7-5-9(13(11)12)4-3-8(7)10/h6-8,10H,3-5H2,1-2H3,(H,11,12). The number of aliphatic hydroxyl groups is 1. The summed E-state index contributed by atoms with van der Waals surface area (Å²) in [5, 5.41) is 9.63. The lowest BCUT2D eigenvalue weighted by atomic mass is 9.86. The van der Waals surface area contributed by atoms with Crippen LogP contribution in [0.5, 0.6) is 0 Å². The molecule has 0 amide bonds. The summed E-state index contributed by atoms with van der Waals surface area (Å²) in [5.41, 5.74) is 0. The van der Waals surface area contributed by atoms with Gasteiger partial charge in [-0.1, -0.05) is 13.8 Å². The highest BCUT2D eigenvalue weighted by molar-refractivity contribution is 7.76. The molecule has 3 unspecified atom stereocenters. The zero-order chi connectivity index (χ0) is 10.0. The van der Waals surface area contributed by atoms with Crippen molar-refractivity contribution in [2.75, 3.05) is 13.1 Å². The summed E-state index contributed by atoms with van der Waals surface area (Å²) in [4.78, 5) is 0. The molecule has 0 aromatic carbocycles. The minimum Gasteiger partial charge on any atom is -0.393 e. The SMILES string of the molecule is CC(C)C1CN(S(=O)O)CCC1O. The van der Waals surface area contributed by atoms with E-state index in [0.29, 0.717) is 25.4 Å². The minimum absolute atomic E-state index is 0.116. The van der Waals surface area contributed by atoms with Gasteiger partial charge in [0.25, 0.3) is 0 Å². The number of nitrogens with zero attached hydrogens (tertiary/aromatic N) is 1. The fourth-order valence-electron chi connectivity index (χ4n) is 1.74. The van der Waals surface area contributed by atoms with Crippen LogP contribution in [0.1, 0.15) is 20.3 Å². The first-order valence-electron chi connectivity index (χ1n) is 4.56. The molecule has 0 aromatic heterocycles. The summed E-state index contributed by atoms with van der Waals surface area (Å²) in [6, 6.07) is 0. The van der Waals surface area contributed by atoms with Crippen molar-refractivity contribution >= 4 is 11.3 Å². The van der Waals surface area contributed by atoms with Crippen LogP contribution in [-0.2, 0) is 11.3 Å². The molecule has 5 heteroatoms. The molecule has 1 aliphatic heterocycles. The van der Waals surface area contributed by atoms with Gasteiger partial charge >= 0.3 is 0 Å². The van der Waals surface area contributed by atoms with E-state index >= 15 is 0 Å². The topological polar surface area (TPSA) is 60.8 Å². The third-order valence-electron chi connectivity index (χ3n) is 2.66. The lowest BCUT2D eigenvalue weighted by Crippen LogP contribution is -2.45. The van der Waals surface area contributed by atoms with E-state index in [4.69, 9.17) is 4.55 Å². The second-order valence-corrected chi connectivity index (χ2v) is 4.86. The van der Waals surface area contributed by atoms with Gasteiger partial charge in [-0.3, -0.25) is 4.55 Å². The molecule has 1 aliphatic rings. The second kappa shape index (κ2) is 4.50. The van der Waals surface area contributed by atoms with E-state index in [1.165, 1.54) is 4.31 Å². The van der Waals surface area contributed by atoms with E-state index in [9.17, 15) is 9.32 Å². The zero-order valence-electron chi connectivity index (χ0n) is 8.01. The lowest BCUT2D eigenvalue weighted by molar-refractivity contribution is 0.0307. The number of aliphatic hydroxyl groups excluding tert-OH is 1. The largest absolute Gasteiger partial charge is 0.393 e. The minimum atomic E-state index is -1.88. The maximum absolute atomic E-state index is 10.8. The van der Waals surface area contributed by atoms with Crippen molar-refractivity contribution in [3.05, 3.63) is 0 Å². The average molecular weight is 207 g/mol. The van der Waals surface area contributed by atoms with Crippen LogP contribution in [0.2, 0.25) is 0 Å². The maximum Gasteiger partial charge on any atom is 0.234 e. The van der Waals surface area contributed by atoms with Crippen molar-refractivity contribution in [2.24, 2.45) is 11.8 Å². The molecule has 0 aromatic rings. The summed E-state index contributed by atoms with van der Waals surface area (Å²) < 4.78 is 21.2. The van der Waals surface area contributed by atoms with Crippen LogP contribution in [0, 0.1) is 11.8 Å². The molecule has 0 spiro atoms. The van der Waals surface area contributed by atoms with Crippen molar-refractivity contribution in [3.8, 4) is 0 Å². The van der Waals surface area contributed by atoms with Crippen molar-refractivity contribution < 1.29 is 13.9 Å². The number of rotatable bonds is 2. The van der Waals surface area contributed by atoms with E-state index in [0.717, 1.165) is 0 Å². The van der Waals surface area contributed by atoms with Crippen LogP contribution in [0.15, 0.2) is 0 Å². The van der Waals surface area contributed by atoms with Gasteiger partial charge in [-0.25, -0.2) is 8.51 Å². The molecule has 0 aliphatic carbocycles. The molecule has 4 nitrogen and oxygen atoms in total. The highest BCUT2D eigenvalue weighted by Gasteiger charge is 2.31. The first-order valence-corrected chi connectivity index (χ1v) is 5.62.